The van der Waals surface area contributed by atoms with Crippen molar-refractivity contribution in [2.45, 2.75) is 122 Å². The predicted octanol–water partition coefficient (Wildman–Crippen LogP) is 5.32. The highest BCUT2D eigenvalue weighted by molar-refractivity contribution is 5.66. The number of allylic oxidation sites excluding steroid dienone is 1. The number of carboxylic acids is 3. The van der Waals surface area contributed by atoms with Crippen molar-refractivity contribution in [2.24, 2.45) is 0 Å². The molecule has 7 heteroatoms. The Morgan fingerprint density at radius 3 is 1.29 bits per heavy atom. The highest BCUT2D eigenvalue weighted by Gasteiger charge is 2.26. The van der Waals surface area contributed by atoms with Gasteiger partial charge in [0.2, 0.25) is 0 Å². The monoisotopic (exact) mass is 497 g/mol. The van der Waals surface area contributed by atoms with E-state index >= 15 is 0 Å². The van der Waals surface area contributed by atoms with Crippen LogP contribution in [0.15, 0.2) is 12.7 Å². The van der Waals surface area contributed by atoms with Crippen molar-refractivity contribution in [3.8, 4) is 0 Å². The summed E-state index contributed by atoms with van der Waals surface area (Å²) in [6.07, 6.45) is 19.7. The molecule has 0 aromatic rings. The average Bonchev–Trinajstić information content (AvgIpc) is 2.78. The Morgan fingerprint density at radius 2 is 0.914 bits per heavy atom. The van der Waals surface area contributed by atoms with Crippen LogP contribution in [0.1, 0.15) is 122 Å². The molecule has 0 aliphatic heterocycles. The molecule has 0 rings (SSSR count). The molecule has 0 unspecified atom stereocenters. The zero-order chi connectivity index (χ0) is 26.2. The standard InChI is InChI=1S/C28H51NO6/c1-2-3-4-5-6-7-8-9-10-11-12-13-14-15-22-29(23-16-19-26(30)31,24-17-20-27(32)33)25-18-21-28(34)35/h2H,1,3-25H2,(H2-,30,31,32,33,34,35). The first-order chi connectivity index (χ1) is 16.8. The highest BCUT2D eigenvalue weighted by Crippen LogP contribution is 2.18. The molecule has 0 amide bonds. The van der Waals surface area contributed by atoms with Crippen molar-refractivity contribution in [3.05, 3.63) is 12.7 Å². The predicted molar refractivity (Wildman–Crippen MR) is 138 cm³/mol. The third-order valence-electron chi connectivity index (χ3n) is 6.85. The molecule has 0 radical (unpaired) electrons. The number of carbonyl (C=O) groups excluding carboxylic acids is 1. The fourth-order valence-corrected chi connectivity index (χ4v) is 4.86. The van der Waals surface area contributed by atoms with Gasteiger partial charge in [0.15, 0.2) is 0 Å². The van der Waals surface area contributed by atoms with Crippen molar-refractivity contribution in [2.75, 3.05) is 26.2 Å². The molecule has 0 aliphatic carbocycles. The summed E-state index contributed by atoms with van der Waals surface area (Å²) in [5, 5.41) is 29.0. The van der Waals surface area contributed by atoms with Gasteiger partial charge < -0.3 is 24.6 Å². The first-order valence-electron chi connectivity index (χ1n) is 13.9. The van der Waals surface area contributed by atoms with Crippen LogP contribution in [0, 0.1) is 0 Å². The largest absolute Gasteiger partial charge is 0.550 e. The number of hydrogen-bond acceptors (Lipinski definition) is 4. The molecular weight excluding hydrogens is 446 g/mol. The van der Waals surface area contributed by atoms with Crippen LogP contribution in [0.5, 0.6) is 0 Å². The molecule has 35 heavy (non-hydrogen) atoms. The molecule has 0 fully saturated rings. The summed E-state index contributed by atoms with van der Waals surface area (Å²) in [4.78, 5) is 32.9. The summed E-state index contributed by atoms with van der Waals surface area (Å²) in [6.45, 7) is 6.52. The van der Waals surface area contributed by atoms with Crippen LogP contribution in [0.2, 0.25) is 0 Å². The number of nitrogens with zero attached hydrogens (tertiary/aromatic N) is 1. The number of carbonyl (C=O) groups is 3. The van der Waals surface area contributed by atoms with Crippen LogP contribution in [0.3, 0.4) is 0 Å². The number of rotatable bonds is 27. The van der Waals surface area contributed by atoms with Crippen LogP contribution in [-0.2, 0) is 14.4 Å². The smallest absolute Gasteiger partial charge is 0.303 e. The van der Waals surface area contributed by atoms with Gasteiger partial charge in [0.25, 0.3) is 0 Å². The first-order valence-corrected chi connectivity index (χ1v) is 13.9. The van der Waals surface area contributed by atoms with Crippen LogP contribution < -0.4 is 5.11 Å². The first kappa shape index (κ1) is 33.1. The second kappa shape index (κ2) is 22.6. The molecule has 204 valence electrons. The van der Waals surface area contributed by atoms with Crippen molar-refractivity contribution in [1.29, 1.82) is 0 Å². The summed E-state index contributed by atoms with van der Waals surface area (Å²) < 4.78 is 0.612. The van der Waals surface area contributed by atoms with Gasteiger partial charge in [-0.15, -0.1) is 6.58 Å². The van der Waals surface area contributed by atoms with Gasteiger partial charge in [-0.05, 0) is 32.1 Å². The number of unbranched alkanes of at least 4 members (excludes halogenated alkanes) is 12. The lowest BCUT2D eigenvalue weighted by Crippen LogP contribution is -2.51. The lowest BCUT2D eigenvalue weighted by Gasteiger charge is -2.39. The summed E-state index contributed by atoms with van der Waals surface area (Å²) in [5.41, 5.74) is 0. The minimum absolute atomic E-state index is 0.0211. The zero-order valence-electron chi connectivity index (χ0n) is 22.0. The fourth-order valence-electron chi connectivity index (χ4n) is 4.86. The molecule has 0 bridgehead atoms. The summed E-state index contributed by atoms with van der Waals surface area (Å²) >= 11 is 0. The van der Waals surface area contributed by atoms with E-state index in [0.717, 1.165) is 25.8 Å². The fraction of sp³-hybridized carbons (Fsp3) is 0.821. The lowest BCUT2D eigenvalue weighted by atomic mass is 10.0. The number of aliphatic carboxylic acids is 3. The summed E-state index contributed by atoms with van der Waals surface area (Å²) in [6, 6.07) is 0. The van der Waals surface area contributed by atoms with Gasteiger partial charge in [-0.1, -0.05) is 63.9 Å². The normalized spacial score (nSPS) is 11.4. The maximum absolute atomic E-state index is 11.0. The topological polar surface area (TPSA) is 115 Å². The van der Waals surface area contributed by atoms with Gasteiger partial charge in [-0.25, -0.2) is 0 Å². The molecule has 0 atom stereocenters. The van der Waals surface area contributed by atoms with Gasteiger partial charge in [0.1, 0.15) is 0 Å². The van der Waals surface area contributed by atoms with E-state index in [4.69, 9.17) is 10.2 Å². The Labute approximate surface area is 213 Å². The van der Waals surface area contributed by atoms with Crippen molar-refractivity contribution >= 4 is 17.9 Å². The molecule has 0 spiro atoms. The van der Waals surface area contributed by atoms with Crippen molar-refractivity contribution in [3.63, 3.8) is 0 Å². The summed E-state index contributed by atoms with van der Waals surface area (Å²) in [7, 11) is 0. The number of quaternary nitrogens is 1. The molecule has 0 aliphatic rings. The van der Waals surface area contributed by atoms with Crippen LogP contribution in [0.4, 0.5) is 0 Å². The van der Waals surface area contributed by atoms with E-state index in [-0.39, 0.29) is 19.3 Å². The van der Waals surface area contributed by atoms with E-state index in [9.17, 15) is 19.5 Å². The van der Waals surface area contributed by atoms with Crippen LogP contribution in [0.25, 0.3) is 0 Å². The Balaban J connectivity index is 4.35. The van der Waals surface area contributed by atoms with E-state index in [1.165, 1.54) is 64.2 Å². The van der Waals surface area contributed by atoms with E-state index in [1.807, 2.05) is 6.08 Å². The third-order valence-corrected chi connectivity index (χ3v) is 6.85. The molecule has 2 N–H and O–H groups in total. The number of hydrogen-bond donors (Lipinski definition) is 2. The highest BCUT2D eigenvalue weighted by atomic mass is 16.4. The van der Waals surface area contributed by atoms with Gasteiger partial charge in [0.05, 0.1) is 39.0 Å². The Hall–Kier alpha value is -1.89. The zero-order valence-corrected chi connectivity index (χ0v) is 22.0. The van der Waals surface area contributed by atoms with Crippen LogP contribution in [-0.4, -0.2) is 58.8 Å². The summed E-state index contributed by atoms with van der Waals surface area (Å²) in [5.74, 6) is -2.75. The van der Waals surface area contributed by atoms with E-state index < -0.39 is 17.9 Å². The van der Waals surface area contributed by atoms with Crippen molar-refractivity contribution in [1.82, 2.24) is 0 Å². The second-order valence-electron chi connectivity index (χ2n) is 10.0. The molecular formula is C28H51NO6. The molecule has 0 heterocycles. The SMILES string of the molecule is C=CCCCCCCCCCCCCCC[N+](CCCC(=O)[O-])(CCCC(=O)O)CCCC(=O)O. The average molecular weight is 498 g/mol. The molecule has 0 saturated carbocycles. The molecule has 0 aromatic heterocycles. The molecule has 7 nitrogen and oxygen atoms in total. The maximum Gasteiger partial charge on any atom is 0.303 e. The van der Waals surface area contributed by atoms with E-state index in [0.29, 0.717) is 43.4 Å². The van der Waals surface area contributed by atoms with Gasteiger partial charge >= 0.3 is 11.9 Å². The van der Waals surface area contributed by atoms with Gasteiger partial charge in [0, 0.05) is 25.2 Å². The Bertz CT molecular complexity index is 527. The van der Waals surface area contributed by atoms with Gasteiger partial charge in [-0.3, -0.25) is 9.59 Å². The maximum atomic E-state index is 11.0. The third kappa shape index (κ3) is 22.3. The van der Waals surface area contributed by atoms with E-state index in [2.05, 4.69) is 6.58 Å². The van der Waals surface area contributed by atoms with Crippen molar-refractivity contribution < 1.29 is 34.2 Å². The van der Waals surface area contributed by atoms with E-state index in [1.54, 1.807) is 0 Å². The second-order valence-corrected chi connectivity index (χ2v) is 10.0. The minimum atomic E-state index is -1.08. The lowest BCUT2D eigenvalue weighted by molar-refractivity contribution is -0.929. The quantitative estimate of drug-likeness (QED) is 0.0901. The molecule has 0 aromatic carbocycles. The van der Waals surface area contributed by atoms with Crippen LogP contribution >= 0.6 is 0 Å². The Morgan fingerprint density at radius 1 is 0.571 bits per heavy atom. The molecule has 0 saturated heterocycles. The minimum Gasteiger partial charge on any atom is -0.550 e. The number of carboxylic acid groups (broad SMARTS) is 3. The van der Waals surface area contributed by atoms with Gasteiger partial charge in [-0.2, -0.15) is 0 Å². The Kier molecular flexibility index (Phi) is 21.3.